The number of anilines is 4. The number of rotatable bonds is 4. The molecule has 0 fully saturated rings. The lowest BCUT2D eigenvalue weighted by Gasteiger charge is -2.25. The Morgan fingerprint density at radius 1 is 1.15 bits per heavy atom. The van der Waals surface area contributed by atoms with Gasteiger partial charge in [0.1, 0.15) is 18.0 Å². The number of aliphatic hydroxyl groups is 1. The van der Waals surface area contributed by atoms with Crippen LogP contribution in [0.15, 0.2) is 48.8 Å². The number of aromatic nitrogens is 2. The molecule has 2 aromatic carbocycles. The maximum absolute atomic E-state index is 13.1. The van der Waals surface area contributed by atoms with Crippen molar-refractivity contribution in [2.75, 3.05) is 10.2 Å². The molecule has 0 saturated carbocycles. The highest BCUT2D eigenvalue weighted by Gasteiger charge is 2.32. The zero-order chi connectivity index (χ0) is 23.8. The number of nitrogens with zero attached hydrogens (tertiary/aromatic N) is 3. The minimum Gasteiger partial charge on any atom is -0.464 e. The highest BCUT2D eigenvalue weighted by Crippen LogP contribution is 2.36. The molecule has 1 aliphatic rings. The molecule has 1 aliphatic carbocycles. The lowest BCUT2D eigenvalue weighted by molar-refractivity contribution is -0.137. The van der Waals surface area contributed by atoms with Crippen LogP contribution < -0.4 is 10.2 Å². The fourth-order valence-electron chi connectivity index (χ4n) is 3.77. The van der Waals surface area contributed by atoms with Crippen molar-refractivity contribution < 1.29 is 28.2 Å². The van der Waals surface area contributed by atoms with Crippen LogP contribution in [-0.2, 0) is 19.0 Å². The Morgan fingerprint density at radius 3 is 2.67 bits per heavy atom. The van der Waals surface area contributed by atoms with E-state index < -0.39 is 23.9 Å². The highest BCUT2D eigenvalue weighted by atomic mass is 35.5. The molecule has 0 spiro atoms. The van der Waals surface area contributed by atoms with E-state index in [9.17, 15) is 28.2 Å². The van der Waals surface area contributed by atoms with Gasteiger partial charge in [-0.15, -0.1) is 0 Å². The van der Waals surface area contributed by atoms with Crippen molar-refractivity contribution >= 4 is 40.7 Å². The van der Waals surface area contributed by atoms with Gasteiger partial charge in [0.05, 0.1) is 17.4 Å². The Bertz CT molecular complexity index is 1210. The molecule has 0 radical (unpaired) electrons. The summed E-state index contributed by atoms with van der Waals surface area (Å²) in [6.07, 6.45) is -3.94. The minimum atomic E-state index is -4.63. The van der Waals surface area contributed by atoms with Crippen LogP contribution in [0.1, 0.15) is 23.1 Å². The van der Waals surface area contributed by atoms with E-state index in [1.54, 1.807) is 12.1 Å². The van der Waals surface area contributed by atoms with Crippen molar-refractivity contribution in [3.8, 4) is 0 Å². The van der Waals surface area contributed by atoms with E-state index in [1.165, 1.54) is 12.1 Å². The molecule has 1 amide bonds. The number of benzene rings is 2. The van der Waals surface area contributed by atoms with Crippen molar-refractivity contribution in [2.24, 2.45) is 0 Å². The average Bonchev–Trinajstić information content (AvgIpc) is 2.75. The number of fused-ring (bicyclic) bond motifs is 1. The zero-order valence-corrected chi connectivity index (χ0v) is 17.7. The van der Waals surface area contributed by atoms with Crippen molar-refractivity contribution in [2.45, 2.75) is 31.5 Å². The van der Waals surface area contributed by atoms with Crippen LogP contribution in [0.2, 0.25) is 5.02 Å². The number of amides is 1. The van der Waals surface area contributed by atoms with Crippen LogP contribution >= 0.6 is 11.6 Å². The summed E-state index contributed by atoms with van der Waals surface area (Å²) in [6, 6.07) is 8.72. The quantitative estimate of drug-likeness (QED) is 0.454. The predicted octanol–water partition coefficient (Wildman–Crippen LogP) is 5.56. The molecule has 0 saturated heterocycles. The van der Waals surface area contributed by atoms with Crippen LogP contribution in [0.4, 0.5) is 41.0 Å². The van der Waals surface area contributed by atoms with Gasteiger partial charge in [0.25, 0.3) is 0 Å². The first kappa shape index (κ1) is 22.8. The maximum atomic E-state index is 13.1. The third-order valence-corrected chi connectivity index (χ3v) is 5.66. The molecule has 172 valence electrons. The molecule has 3 aromatic rings. The van der Waals surface area contributed by atoms with Crippen LogP contribution in [0.25, 0.3) is 0 Å². The maximum Gasteiger partial charge on any atom is 0.417 e. The van der Waals surface area contributed by atoms with Crippen LogP contribution in [-0.4, -0.2) is 32.4 Å². The van der Waals surface area contributed by atoms with Gasteiger partial charge in [0, 0.05) is 23.2 Å². The Kier molecular flexibility index (Phi) is 6.13. The molecule has 1 heterocycles. The van der Waals surface area contributed by atoms with Crippen molar-refractivity contribution in [1.29, 1.82) is 0 Å². The van der Waals surface area contributed by atoms with Crippen LogP contribution in [0, 0.1) is 0 Å². The van der Waals surface area contributed by atoms with Gasteiger partial charge in [-0.2, -0.15) is 13.2 Å². The van der Waals surface area contributed by atoms with E-state index in [2.05, 4.69) is 15.3 Å². The van der Waals surface area contributed by atoms with Gasteiger partial charge in [-0.3, -0.25) is 0 Å². The molecule has 4 rings (SSSR count). The fraction of sp³-hybridized carbons (Fsp3) is 0.227. The molecule has 0 bridgehead atoms. The smallest absolute Gasteiger partial charge is 0.417 e. The summed E-state index contributed by atoms with van der Waals surface area (Å²) >= 11 is 6.29. The monoisotopic (exact) mass is 478 g/mol. The summed E-state index contributed by atoms with van der Waals surface area (Å²) in [5, 5.41) is 23.4. The summed E-state index contributed by atoms with van der Waals surface area (Å²) in [4.78, 5) is 20.6. The lowest BCUT2D eigenvalue weighted by atomic mass is 9.88. The highest BCUT2D eigenvalue weighted by molar-refractivity contribution is 6.31. The van der Waals surface area contributed by atoms with Gasteiger partial charge in [-0.25, -0.2) is 19.7 Å². The fourth-order valence-corrected chi connectivity index (χ4v) is 4.04. The molecule has 0 aliphatic heterocycles. The van der Waals surface area contributed by atoms with Crippen molar-refractivity contribution in [3.63, 3.8) is 0 Å². The normalized spacial score (nSPS) is 15.6. The number of hydrogen-bond donors (Lipinski definition) is 3. The Balaban J connectivity index is 1.69. The summed E-state index contributed by atoms with van der Waals surface area (Å²) in [5.74, 6) is 0.0880. The number of carbonyl (C=O) groups is 1. The van der Waals surface area contributed by atoms with E-state index in [1.807, 2.05) is 0 Å². The molecule has 1 unspecified atom stereocenters. The molecule has 1 atom stereocenters. The number of alkyl halides is 3. The molecule has 33 heavy (non-hydrogen) atoms. The number of halogens is 4. The third kappa shape index (κ3) is 4.86. The van der Waals surface area contributed by atoms with Gasteiger partial charge < -0.3 is 15.5 Å². The summed E-state index contributed by atoms with van der Waals surface area (Å²) in [6.45, 7) is 0. The SMILES string of the molecule is O=C(O)N(c1cccc(C(F)(F)F)c1)c1cc(Nc2ccc(Cl)c3c2CC(O)CC3)ncn1. The van der Waals surface area contributed by atoms with Gasteiger partial charge in [0.2, 0.25) is 0 Å². The average molecular weight is 479 g/mol. The first-order chi connectivity index (χ1) is 15.6. The second-order valence-electron chi connectivity index (χ2n) is 7.50. The van der Waals surface area contributed by atoms with Gasteiger partial charge in [-0.05, 0) is 54.3 Å². The third-order valence-electron chi connectivity index (χ3n) is 5.31. The standard InChI is InChI=1S/C22H18ClF3N4O3/c23-17-6-7-18(16-9-14(31)4-5-15(16)17)29-19-10-20(28-11-27-19)30(21(32)33)13-3-1-2-12(8-13)22(24,25)26/h1-3,6-8,10-11,14,31H,4-5,9H2,(H,32,33)(H,27,28,29). The summed E-state index contributed by atoms with van der Waals surface area (Å²) < 4.78 is 39.3. The first-order valence-electron chi connectivity index (χ1n) is 9.91. The first-order valence-corrected chi connectivity index (χ1v) is 10.3. The number of hydrogen-bond acceptors (Lipinski definition) is 5. The lowest BCUT2D eigenvalue weighted by Crippen LogP contribution is -2.25. The Morgan fingerprint density at radius 2 is 1.94 bits per heavy atom. The van der Waals surface area contributed by atoms with Crippen molar-refractivity contribution in [3.05, 3.63) is 70.5 Å². The largest absolute Gasteiger partial charge is 0.464 e. The van der Waals surface area contributed by atoms with Gasteiger partial charge in [0.15, 0.2) is 0 Å². The van der Waals surface area contributed by atoms with E-state index in [0.29, 0.717) is 34.9 Å². The molecular formula is C22H18ClF3N4O3. The number of aliphatic hydroxyl groups excluding tert-OH is 1. The van der Waals surface area contributed by atoms with E-state index in [4.69, 9.17) is 11.6 Å². The number of carboxylic acid groups (broad SMARTS) is 1. The summed E-state index contributed by atoms with van der Waals surface area (Å²) in [5.41, 5.74) is 1.18. The molecule has 7 nitrogen and oxygen atoms in total. The molecule has 1 aromatic heterocycles. The Labute approximate surface area is 191 Å². The van der Waals surface area contributed by atoms with E-state index in [-0.39, 0.29) is 17.3 Å². The van der Waals surface area contributed by atoms with Crippen LogP contribution in [0.3, 0.4) is 0 Å². The second kappa shape index (κ2) is 8.87. The van der Waals surface area contributed by atoms with E-state index >= 15 is 0 Å². The molecule has 3 N–H and O–H groups in total. The molecule has 11 heteroatoms. The number of nitrogens with one attached hydrogen (secondary N) is 1. The van der Waals surface area contributed by atoms with Gasteiger partial charge in [-0.1, -0.05) is 17.7 Å². The second-order valence-corrected chi connectivity index (χ2v) is 7.91. The van der Waals surface area contributed by atoms with Gasteiger partial charge >= 0.3 is 12.3 Å². The predicted molar refractivity (Wildman–Crippen MR) is 116 cm³/mol. The zero-order valence-electron chi connectivity index (χ0n) is 17.0. The topological polar surface area (TPSA) is 98.6 Å². The van der Waals surface area contributed by atoms with Crippen molar-refractivity contribution in [1.82, 2.24) is 9.97 Å². The summed E-state index contributed by atoms with van der Waals surface area (Å²) in [7, 11) is 0. The minimum absolute atomic E-state index is 0.137. The Hall–Kier alpha value is -3.37. The molecular weight excluding hydrogens is 461 g/mol. The van der Waals surface area contributed by atoms with Crippen LogP contribution in [0.5, 0.6) is 0 Å². The van der Waals surface area contributed by atoms with E-state index in [0.717, 1.165) is 35.7 Å².